The third-order valence-electron chi connectivity index (χ3n) is 7.21. The standard InChI is InChI=1S/C25H29F2N5/c26-21-9-5-19(6-10-21)17-32-24(28-29-30-32)23(20-7-11-22(27)12-8-20)31-16-4-15-25(18-31)13-2-1-3-14-25/h5-12,23H,1-4,13-18H2. The molecule has 0 bridgehead atoms. The monoisotopic (exact) mass is 437 g/mol. The van der Waals surface area contributed by atoms with E-state index >= 15 is 0 Å². The number of halogens is 2. The number of rotatable bonds is 5. The molecule has 7 heteroatoms. The van der Waals surface area contributed by atoms with Crippen molar-refractivity contribution >= 4 is 0 Å². The molecule has 2 aliphatic rings. The maximum absolute atomic E-state index is 13.7. The summed E-state index contributed by atoms with van der Waals surface area (Å²) < 4.78 is 28.9. The molecule has 32 heavy (non-hydrogen) atoms. The normalized spacial score (nSPS) is 19.8. The molecule has 2 heterocycles. The van der Waals surface area contributed by atoms with E-state index in [2.05, 4.69) is 20.4 Å². The van der Waals surface area contributed by atoms with Gasteiger partial charge in [0.1, 0.15) is 11.6 Å². The van der Waals surface area contributed by atoms with Crippen LogP contribution in [0.5, 0.6) is 0 Å². The minimum atomic E-state index is -0.263. The van der Waals surface area contributed by atoms with Crippen LogP contribution in [0.1, 0.15) is 67.9 Å². The number of hydrogen-bond donors (Lipinski definition) is 0. The molecular weight excluding hydrogens is 408 g/mol. The van der Waals surface area contributed by atoms with E-state index in [1.165, 1.54) is 62.8 Å². The average Bonchev–Trinajstić information content (AvgIpc) is 3.25. The lowest BCUT2D eigenvalue weighted by molar-refractivity contribution is 0.0342. The number of benzene rings is 2. The Kier molecular flexibility index (Phi) is 6.00. The van der Waals surface area contributed by atoms with Gasteiger partial charge in [-0.2, -0.15) is 0 Å². The van der Waals surface area contributed by atoms with Crippen LogP contribution in [0.25, 0.3) is 0 Å². The van der Waals surface area contributed by atoms with Crippen LogP contribution in [-0.2, 0) is 6.54 Å². The molecule has 5 nitrogen and oxygen atoms in total. The van der Waals surface area contributed by atoms with Crippen molar-refractivity contribution in [2.45, 2.75) is 57.5 Å². The average molecular weight is 438 g/mol. The summed E-state index contributed by atoms with van der Waals surface area (Å²) >= 11 is 0. The van der Waals surface area contributed by atoms with E-state index in [4.69, 9.17) is 0 Å². The summed E-state index contributed by atoms with van der Waals surface area (Å²) in [4.78, 5) is 2.49. The molecule has 5 rings (SSSR count). The first-order chi connectivity index (χ1) is 15.6. The minimum Gasteiger partial charge on any atom is -0.289 e. The molecule has 1 aliphatic carbocycles. The molecule has 2 fully saturated rings. The van der Waals surface area contributed by atoms with Crippen molar-refractivity contribution in [2.75, 3.05) is 13.1 Å². The third kappa shape index (κ3) is 4.44. The molecule has 2 aromatic carbocycles. The van der Waals surface area contributed by atoms with Crippen molar-refractivity contribution in [1.82, 2.24) is 25.1 Å². The van der Waals surface area contributed by atoms with Gasteiger partial charge in [0, 0.05) is 6.54 Å². The zero-order valence-electron chi connectivity index (χ0n) is 18.3. The molecule has 1 atom stereocenters. The molecule has 0 radical (unpaired) electrons. The predicted octanol–water partition coefficient (Wildman–Crippen LogP) is 5.14. The zero-order chi connectivity index (χ0) is 22.0. The quantitative estimate of drug-likeness (QED) is 0.555. The summed E-state index contributed by atoms with van der Waals surface area (Å²) in [6, 6.07) is 13.0. The highest BCUT2D eigenvalue weighted by molar-refractivity contribution is 5.26. The maximum Gasteiger partial charge on any atom is 0.173 e. The molecule has 1 spiro atoms. The highest BCUT2D eigenvalue weighted by Gasteiger charge is 2.40. The summed E-state index contributed by atoms with van der Waals surface area (Å²) in [6.07, 6.45) is 8.92. The summed E-state index contributed by atoms with van der Waals surface area (Å²) in [7, 11) is 0. The molecule has 168 valence electrons. The van der Waals surface area contributed by atoms with Crippen molar-refractivity contribution in [1.29, 1.82) is 0 Å². The first-order valence-electron chi connectivity index (χ1n) is 11.6. The second-order valence-corrected chi connectivity index (χ2v) is 9.41. The Balaban J connectivity index is 1.49. The largest absolute Gasteiger partial charge is 0.289 e. The fraction of sp³-hybridized carbons (Fsp3) is 0.480. The van der Waals surface area contributed by atoms with Gasteiger partial charge in [0.25, 0.3) is 0 Å². The SMILES string of the molecule is Fc1ccc(Cn2nnnc2C(c2ccc(F)cc2)N2CCCC3(CCCCC3)C2)cc1. The number of hydrogen-bond acceptors (Lipinski definition) is 4. The van der Waals surface area contributed by atoms with Gasteiger partial charge in [-0.3, -0.25) is 4.90 Å². The fourth-order valence-corrected chi connectivity index (χ4v) is 5.63. The Labute approximate surface area is 187 Å². The van der Waals surface area contributed by atoms with Crippen LogP contribution in [-0.4, -0.2) is 38.2 Å². The van der Waals surface area contributed by atoms with E-state index in [0.717, 1.165) is 36.5 Å². The van der Waals surface area contributed by atoms with Crippen LogP contribution < -0.4 is 0 Å². The third-order valence-corrected chi connectivity index (χ3v) is 7.21. The van der Waals surface area contributed by atoms with E-state index in [9.17, 15) is 8.78 Å². The van der Waals surface area contributed by atoms with Gasteiger partial charge in [0.2, 0.25) is 0 Å². The van der Waals surface area contributed by atoms with Crippen molar-refractivity contribution in [3.8, 4) is 0 Å². The molecule has 1 aromatic heterocycles. The van der Waals surface area contributed by atoms with Gasteiger partial charge >= 0.3 is 0 Å². The molecule has 1 unspecified atom stereocenters. The van der Waals surface area contributed by atoms with Gasteiger partial charge in [-0.1, -0.05) is 43.5 Å². The Hall–Kier alpha value is -2.67. The molecule has 0 N–H and O–H groups in total. The van der Waals surface area contributed by atoms with Crippen molar-refractivity contribution in [3.05, 3.63) is 77.1 Å². The number of aromatic nitrogens is 4. The minimum absolute atomic E-state index is 0.148. The lowest BCUT2D eigenvalue weighted by Gasteiger charge is -2.47. The number of tetrazole rings is 1. The molecule has 1 saturated heterocycles. The van der Waals surface area contributed by atoms with Crippen LogP contribution in [0, 0.1) is 17.0 Å². The topological polar surface area (TPSA) is 46.8 Å². The van der Waals surface area contributed by atoms with Crippen LogP contribution in [0.2, 0.25) is 0 Å². The highest BCUT2D eigenvalue weighted by atomic mass is 19.1. The van der Waals surface area contributed by atoms with Crippen molar-refractivity contribution < 1.29 is 8.78 Å². The zero-order valence-corrected chi connectivity index (χ0v) is 18.3. The van der Waals surface area contributed by atoms with Crippen molar-refractivity contribution in [2.24, 2.45) is 5.41 Å². The molecule has 3 aromatic rings. The van der Waals surface area contributed by atoms with Crippen LogP contribution in [0.3, 0.4) is 0 Å². The van der Waals surface area contributed by atoms with Gasteiger partial charge < -0.3 is 0 Å². The van der Waals surface area contributed by atoms with Gasteiger partial charge in [-0.15, -0.1) is 5.10 Å². The smallest absolute Gasteiger partial charge is 0.173 e. The van der Waals surface area contributed by atoms with Gasteiger partial charge in [0.15, 0.2) is 5.82 Å². The number of piperidine rings is 1. The molecule has 1 saturated carbocycles. The summed E-state index contributed by atoms with van der Waals surface area (Å²) in [5.41, 5.74) is 2.29. The second kappa shape index (κ2) is 9.06. The Morgan fingerprint density at radius 1 is 0.844 bits per heavy atom. The van der Waals surface area contributed by atoms with E-state index in [1.807, 2.05) is 12.1 Å². The summed E-state index contributed by atoms with van der Waals surface area (Å²) in [5, 5.41) is 12.7. The Morgan fingerprint density at radius 2 is 1.50 bits per heavy atom. The fourth-order valence-electron chi connectivity index (χ4n) is 5.63. The van der Waals surface area contributed by atoms with E-state index in [0.29, 0.717) is 12.0 Å². The van der Waals surface area contributed by atoms with Gasteiger partial charge in [-0.05, 0) is 83.5 Å². The first-order valence-corrected chi connectivity index (χ1v) is 11.6. The van der Waals surface area contributed by atoms with E-state index < -0.39 is 0 Å². The highest BCUT2D eigenvalue weighted by Crippen LogP contribution is 2.45. The first kappa shape index (κ1) is 21.2. The lowest BCUT2D eigenvalue weighted by atomic mass is 9.69. The summed E-state index contributed by atoms with van der Waals surface area (Å²) in [6.45, 7) is 2.44. The maximum atomic E-state index is 13.7. The van der Waals surface area contributed by atoms with Crippen LogP contribution in [0.4, 0.5) is 8.78 Å². The van der Waals surface area contributed by atoms with Crippen LogP contribution >= 0.6 is 0 Å². The van der Waals surface area contributed by atoms with E-state index in [-0.39, 0.29) is 17.7 Å². The Morgan fingerprint density at radius 3 is 2.22 bits per heavy atom. The second-order valence-electron chi connectivity index (χ2n) is 9.41. The van der Waals surface area contributed by atoms with Crippen LogP contribution in [0.15, 0.2) is 48.5 Å². The summed E-state index contributed by atoms with van der Waals surface area (Å²) in [5.74, 6) is 0.232. The molecule has 1 aliphatic heterocycles. The molecular formula is C25H29F2N5. The molecule has 0 amide bonds. The van der Waals surface area contributed by atoms with Gasteiger partial charge in [-0.25, -0.2) is 13.5 Å². The Bertz CT molecular complexity index is 1020. The van der Waals surface area contributed by atoms with Crippen molar-refractivity contribution in [3.63, 3.8) is 0 Å². The van der Waals surface area contributed by atoms with Gasteiger partial charge in [0.05, 0.1) is 12.6 Å². The van der Waals surface area contributed by atoms with E-state index in [1.54, 1.807) is 16.8 Å². The predicted molar refractivity (Wildman–Crippen MR) is 118 cm³/mol. The number of nitrogens with zero attached hydrogens (tertiary/aromatic N) is 5. The number of likely N-dealkylation sites (tertiary alicyclic amines) is 1. The lowest BCUT2D eigenvalue weighted by Crippen LogP contribution is -2.46.